The molecule has 2 heterocycles. The van der Waals surface area contributed by atoms with Crippen LogP contribution < -0.4 is 16.0 Å². The Morgan fingerprint density at radius 1 is 1.15 bits per heavy atom. The predicted octanol–water partition coefficient (Wildman–Crippen LogP) is 0.0896. The Hall–Kier alpha value is -4.01. The van der Waals surface area contributed by atoms with E-state index in [1.54, 1.807) is 18.7 Å². The topological polar surface area (TPSA) is 199 Å². The van der Waals surface area contributed by atoms with Crippen LogP contribution in [0, 0.1) is 5.92 Å². The van der Waals surface area contributed by atoms with E-state index in [1.807, 2.05) is 37.3 Å². The molecule has 40 heavy (non-hydrogen) atoms. The summed E-state index contributed by atoms with van der Waals surface area (Å²) in [6.45, 7) is 3.61. The fourth-order valence-electron chi connectivity index (χ4n) is 4.18. The maximum atomic E-state index is 13.3. The van der Waals surface area contributed by atoms with Crippen LogP contribution in [0.4, 0.5) is 0 Å². The van der Waals surface area contributed by atoms with Gasteiger partial charge in [0.15, 0.2) is 5.82 Å². The second-order valence-corrected chi connectivity index (χ2v) is 10.8. The first-order valence-electron chi connectivity index (χ1n) is 13.0. The highest BCUT2D eigenvalue weighted by molar-refractivity contribution is 8.00. The SMILES string of the molecule is CC[C@H](C)[C@H](NC(=O)CCC(=O)O)C(=O)NCC(=O)N1C[C@@H](Sc2ccccc2)CC1C(=O)NCc1nn[nH]n1. The summed E-state index contributed by atoms with van der Waals surface area (Å²) >= 11 is 1.57. The van der Waals surface area contributed by atoms with E-state index >= 15 is 0 Å². The van der Waals surface area contributed by atoms with E-state index in [0.717, 1.165) is 4.90 Å². The second kappa shape index (κ2) is 15.0. The first-order valence-corrected chi connectivity index (χ1v) is 13.9. The summed E-state index contributed by atoms with van der Waals surface area (Å²) in [4.78, 5) is 64.8. The Balaban J connectivity index is 1.64. The Morgan fingerprint density at radius 2 is 1.90 bits per heavy atom. The van der Waals surface area contributed by atoms with Crippen molar-refractivity contribution in [1.29, 1.82) is 0 Å². The van der Waals surface area contributed by atoms with Gasteiger partial charge in [0.25, 0.3) is 0 Å². The van der Waals surface area contributed by atoms with Gasteiger partial charge < -0.3 is 26.0 Å². The van der Waals surface area contributed by atoms with E-state index < -0.39 is 35.8 Å². The molecule has 4 amide bonds. The highest BCUT2D eigenvalue weighted by Crippen LogP contribution is 2.33. The van der Waals surface area contributed by atoms with Gasteiger partial charge in [-0.1, -0.05) is 43.7 Å². The standard InChI is InChI=1S/C25H34N8O6S/c1-3-15(2)23(28-20(34)9-10-22(36)37)25(39)27-13-21(35)33-14-17(40-16-7-5-4-6-8-16)11-18(33)24(38)26-12-19-29-31-32-30-19/h4-8,15,17-18,23H,3,9-14H2,1-2H3,(H,26,38)(H,27,39)(H,28,34)(H,36,37)(H,29,30,31,32)/t15-,17-,18?,23-/m0/s1. The normalized spacial score (nSPS) is 18.0. The molecule has 0 aliphatic carbocycles. The summed E-state index contributed by atoms with van der Waals surface area (Å²) in [6, 6.07) is 7.96. The number of amides is 4. The van der Waals surface area contributed by atoms with E-state index in [0.29, 0.717) is 25.2 Å². The van der Waals surface area contributed by atoms with Crippen LogP contribution in [0.2, 0.25) is 0 Å². The number of tetrazole rings is 1. The molecule has 5 N–H and O–H groups in total. The largest absolute Gasteiger partial charge is 0.481 e. The summed E-state index contributed by atoms with van der Waals surface area (Å²) in [5, 5.41) is 30.1. The number of carbonyl (C=O) groups excluding carboxylic acids is 4. The fourth-order valence-corrected chi connectivity index (χ4v) is 5.39. The molecule has 1 aliphatic rings. The molecule has 14 nitrogen and oxygen atoms in total. The summed E-state index contributed by atoms with van der Waals surface area (Å²) in [7, 11) is 0. The zero-order chi connectivity index (χ0) is 29.1. The van der Waals surface area contributed by atoms with Gasteiger partial charge >= 0.3 is 5.97 Å². The number of carboxylic acid groups (broad SMARTS) is 1. The molecule has 1 unspecified atom stereocenters. The van der Waals surface area contributed by atoms with Crippen molar-refractivity contribution in [3.8, 4) is 0 Å². The molecule has 15 heteroatoms. The molecular formula is C25H34N8O6S. The van der Waals surface area contributed by atoms with Gasteiger partial charge in [-0.3, -0.25) is 24.0 Å². The third kappa shape index (κ3) is 9.03. The Bertz CT molecular complexity index is 1170. The minimum absolute atomic E-state index is 0.0409. The molecule has 0 bridgehead atoms. The number of hydrogen-bond acceptors (Lipinski definition) is 9. The van der Waals surface area contributed by atoms with Gasteiger partial charge in [0.2, 0.25) is 23.6 Å². The minimum Gasteiger partial charge on any atom is -0.481 e. The predicted molar refractivity (Wildman–Crippen MR) is 143 cm³/mol. The summed E-state index contributed by atoms with van der Waals surface area (Å²) < 4.78 is 0. The average Bonchev–Trinajstić information content (AvgIpc) is 3.62. The molecule has 2 aromatic rings. The van der Waals surface area contributed by atoms with Crippen molar-refractivity contribution in [3.63, 3.8) is 0 Å². The van der Waals surface area contributed by atoms with Crippen molar-refractivity contribution in [3.05, 3.63) is 36.2 Å². The van der Waals surface area contributed by atoms with E-state index in [4.69, 9.17) is 5.11 Å². The van der Waals surface area contributed by atoms with Crippen molar-refractivity contribution in [2.75, 3.05) is 13.1 Å². The molecule has 216 valence electrons. The molecule has 3 rings (SSSR count). The number of H-pyrrole nitrogens is 1. The van der Waals surface area contributed by atoms with Crippen molar-refractivity contribution < 1.29 is 29.1 Å². The van der Waals surface area contributed by atoms with Crippen molar-refractivity contribution in [2.45, 2.75) is 68.3 Å². The maximum Gasteiger partial charge on any atom is 0.303 e. The van der Waals surface area contributed by atoms with Crippen LogP contribution >= 0.6 is 11.8 Å². The van der Waals surface area contributed by atoms with E-state index in [2.05, 4.69) is 36.6 Å². The lowest BCUT2D eigenvalue weighted by Gasteiger charge is -2.26. The fraction of sp³-hybridized carbons (Fsp3) is 0.520. The van der Waals surface area contributed by atoms with Gasteiger partial charge in [-0.15, -0.1) is 22.0 Å². The Kier molecular flexibility index (Phi) is 11.4. The summed E-state index contributed by atoms with van der Waals surface area (Å²) in [5.41, 5.74) is 0. The Morgan fingerprint density at radius 3 is 2.55 bits per heavy atom. The highest BCUT2D eigenvalue weighted by atomic mass is 32.2. The molecule has 1 aromatic heterocycles. The number of carboxylic acids is 1. The van der Waals surface area contributed by atoms with Gasteiger partial charge in [0.1, 0.15) is 12.1 Å². The van der Waals surface area contributed by atoms with Crippen LogP contribution in [-0.4, -0.2) is 90.7 Å². The number of carbonyl (C=O) groups is 5. The number of nitrogens with zero attached hydrogens (tertiary/aromatic N) is 4. The van der Waals surface area contributed by atoms with Crippen LogP contribution in [0.3, 0.4) is 0 Å². The summed E-state index contributed by atoms with van der Waals surface area (Å²) in [5.74, 6) is -3.01. The molecule has 4 atom stereocenters. The third-order valence-electron chi connectivity index (χ3n) is 6.53. The number of nitrogens with one attached hydrogen (secondary N) is 4. The van der Waals surface area contributed by atoms with Gasteiger partial charge in [0.05, 0.1) is 19.5 Å². The molecule has 0 spiro atoms. The number of benzene rings is 1. The molecule has 0 radical (unpaired) electrons. The van der Waals surface area contributed by atoms with Gasteiger partial charge in [-0.2, -0.15) is 5.21 Å². The van der Waals surface area contributed by atoms with Gasteiger partial charge in [-0.25, -0.2) is 0 Å². The smallest absolute Gasteiger partial charge is 0.303 e. The molecule has 1 saturated heterocycles. The van der Waals surface area contributed by atoms with E-state index in [-0.39, 0.29) is 43.0 Å². The molecule has 1 aliphatic heterocycles. The average molecular weight is 575 g/mol. The van der Waals surface area contributed by atoms with Crippen LogP contribution in [0.5, 0.6) is 0 Å². The molecule has 0 saturated carbocycles. The monoisotopic (exact) mass is 574 g/mol. The zero-order valence-electron chi connectivity index (χ0n) is 22.3. The lowest BCUT2D eigenvalue weighted by Crippen LogP contribution is -2.53. The number of aromatic amines is 1. The molecular weight excluding hydrogens is 540 g/mol. The number of hydrogen-bond donors (Lipinski definition) is 5. The van der Waals surface area contributed by atoms with Crippen LogP contribution in [0.25, 0.3) is 0 Å². The van der Waals surface area contributed by atoms with E-state index in [9.17, 15) is 24.0 Å². The first kappa shape index (κ1) is 30.5. The Labute approximate surface area is 235 Å². The zero-order valence-corrected chi connectivity index (χ0v) is 23.1. The number of aromatic nitrogens is 4. The van der Waals surface area contributed by atoms with Crippen molar-refractivity contribution >= 4 is 41.4 Å². The molecule has 1 aromatic carbocycles. The number of aliphatic carboxylic acids is 1. The van der Waals surface area contributed by atoms with Crippen LogP contribution in [0.1, 0.15) is 45.4 Å². The first-order chi connectivity index (χ1) is 19.2. The number of thioether (sulfide) groups is 1. The van der Waals surface area contributed by atoms with Crippen LogP contribution in [-0.2, 0) is 30.5 Å². The maximum absolute atomic E-state index is 13.3. The third-order valence-corrected chi connectivity index (χ3v) is 7.75. The quantitative estimate of drug-likeness (QED) is 0.206. The van der Waals surface area contributed by atoms with Crippen molar-refractivity contribution in [2.24, 2.45) is 5.92 Å². The van der Waals surface area contributed by atoms with Gasteiger partial charge in [0, 0.05) is 23.1 Å². The molecule has 1 fully saturated rings. The highest BCUT2D eigenvalue weighted by Gasteiger charge is 2.40. The van der Waals surface area contributed by atoms with Gasteiger partial charge in [-0.05, 0) is 24.5 Å². The van der Waals surface area contributed by atoms with Crippen LogP contribution in [0.15, 0.2) is 35.2 Å². The number of rotatable bonds is 14. The van der Waals surface area contributed by atoms with Crippen molar-refractivity contribution in [1.82, 2.24) is 41.5 Å². The number of likely N-dealkylation sites (tertiary alicyclic amines) is 1. The second-order valence-electron chi connectivity index (χ2n) is 9.44. The van der Waals surface area contributed by atoms with E-state index in [1.165, 1.54) is 4.90 Å². The lowest BCUT2D eigenvalue weighted by molar-refractivity contribution is -0.140. The summed E-state index contributed by atoms with van der Waals surface area (Å²) in [6.07, 6.45) is 0.362. The minimum atomic E-state index is -1.12. The lowest BCUT2D eigenvalue weighted by atomic mass is 9.98.